The van der Waals surface area contributed by atoms with Crippen molar-refractivity contribution in [1.29, 1.82) is 0 Å². The number of hydrogen-bond acceptors (Lipinski definition) is 6. The van der Waals surface area contributed by atoms with E-state index >= 15 is 0 Å². The van der Waals surface area contributed by atoms with E-state index in [2.05, 4.69) is 5.16 Å². The van der Waals surface area contributed by atoms with Gasteiger partial charge in [-0.25, -0.2) is 13.6 Å². The minimum Gasteiger partial charge on any atom is -0.359 e. The van der Waals surface area contributed by atoms with Crippen molar-refractivity contribution in [3.05, 3.63) is 72.0 Å². The van der Waals surface area contributed by atoms with Gasteiger partial charge in [0, 0.05) is 18.6 Å². The van der Waals surface area contributed by atoms with E-state index < -0.39 is 15.3 Å². The van der Waals surface area contributed by atoms with Crippen molar-refractivity contribution < 1.29 is 17.7 Å². The first-order valence-electron chi connectivity index (χ1n) is 7.66. The van der Waals surface area contributed by atoms with Crippen LogP contribution in [-0.2, 0) is 14.8 Å². The number of primary sulfonamides is 1. The fraction of sp³-hybridized carbons (Fsp3) is 0.111. The summed E-state index contributed by atoms with van der Waals surface area (Å²) >= 11 is 1.07. The SMILES string of the molecule is CC(=O)SC(c1ccc(S(N)(=O)=O)cc1)c1cc(-c2ccccc2)no1. The molecule has 0 aliphatic rings. The quantitative estimate of drug-likeness (QED) is 0.719. The summed E-state index contributed by atoms with van der Waals surface area (Å²) < 4.78 is 28.3. The first-order chi connectivity index (χ1) is 12.3. The summed E-state index contributed by atoms with van der Waals surface area (Å²) in [6.45, 7) is 1.46. The normalized spacial score (nSPS) is 12.7. The van der Waals surface area contributed by atoms with Crippen LogP contribution in [0.4, 0.5) is 0 Å². The highest BCUT2D eigenvalue weighted by Crippen LogP contribution is 2.37. The van der Waals surface area contributed by atoms with Gasteiger partial charge in [-0.2, -0.15) is 0 Å². The van der Waals surface area contributed by atoms with E-state index in [9.17, 15) is 13.2 Å². The van der Waals surface area contributed by atoms with E-state index in [0.29, 0.717) is 17.0 Å². The molecule has 0 radical (unpaired) electrons. The van der Waals surface area contributed by atoms with Crippen LogP contribution in [0.15, 0.2) is 70.1 Å². The third-order valence-corrected chi connectivity index (χ3v) is 5.65. The number of aromatic nitrogens is 1. The summed E-state index contributed by atoms with van der Waals surface area (Å²) in [5, 5.41) is 8.68. The van der Waals surface area contributed by atoms with Crippen LogP contribution in [0.1, 0.15) is 23.5 Å². The topological polar surface area (TPSA) is 103 Å². The van der Waals surface area contributed by atoms with E-state index in [0.717, 1.165) is 17.3 Å². The third kappa shape index (κ3) is 4.21. The Morgan fingerprint density at radius 3 is 2.35 bits per heavy atom. The van der Waals surface area contributed by atoms with Gasteiger partial charge >= 0.3 is 0 Å². The van der Waals surface area contributed by atoms with Crippen LogP contribution >= 0.6 is 11.8 Å². The van der Waals surface area contributed by atoms with E-state index in [1.165, 1.54) is 19.1 Å². The predicted octanol–water partition coefficient (Wildman–Crippen LogP) is 3.36. The second kappa shape index (κ2) is 7.45. The summed E-state index contributed by atoms with van der Waals surface area (Å²) in [4.78, 5) is 11.7. The van der Waals surface area contributed by atoms with Crippen LogP contribution in [0.3, 0.4) is 0 Å². The molecule has 134 valence electrons. The van der Waals surface area contributed by atoms with Gasteiger partial charge in [0.1, 0.15) is 5.69 Å². The van der Waals surface area contributed by atoms with Crippen molar-refractivity contribution in [2.45, 2.75) is 17.1 Å². The van der Waals surface area contributed by atoms with Gasteiger partial charge in [-0.3, -0.25) is 4.79 Å². The van der Waals surface area contributed by atoms with Gasteiger partial charge in [0.25, 0.3) is 0 Å². The van der Waals surface area contributed by atoms with Crippen molar-refractivity contribution >= 4 is 26.9 Å². The molecule has 1 atom stereocenters. The number of carbonyl (C=O) groups excluding carboxylic acids is 1. The Hall–Kier alpha value is -2.42. The fourth-order valence-corrected chi connectivity index (χ4v) is 3.81. The van der Waals surface area contributed by atoms with E-state index in [1.54, 1.807) is 18.2 Å². The lowest BCUT2D eigenvalue weighted by molar-refractivity contribution is -0.109. The maximum absolute atomic E-state index is 11.7. The zero-order valence-corrected chi connectivity index (χ0v) is 15.5. The molecule has 3 aromatic rings. The minimum absolute atomic E-state index is 0.00960. The second-order valence-electron chi connectivity index (χ2n) is 5.58. The van der Waals surface area contributed by atoms with Crippen LogP contribution in [0.2, 0.25) is 0 Å². The van der Waals surface area contributed by atoms with Gasteiger partial charge in [0.15, 0.2) is 10.9 Å². The number of benzene rings is 2. The molecule has 3 rings (SSSR count). The number of hydrogen-bond donors (Lipinski definition) is 1. The van der Waals surface area contributed by atoms with Gasteiger partial charge in [-0.15, -0.1) is 0 Å². The molecule has 6 nitrogen and oxygen atoms in total. The van der Waals surface area contributed by atoms with Crippen molar-refractivity contribution in [1.82, 2.24) is 5.16 Å². The predicted molar refractivity (Wildman–Crippen MR) is 99.9 cm³/mol. The Kier molecular flexibility index (Phi) is 5.26. The Bertz CT molecular complexity index is 1010. The molecular weight excluding hydrogens is 372 g/mol. The Morgan fingerprint density at radius 2 is 1.77 bits per heavy atom. The van der Waals surface area contributed by atoms with E-state index in [1.807, 2.05) is 30.3 Å². The first kappa shape index (κ1) is 18.4. The standard InChI is InChI=1S/C18H16N2O4S2/c1-12(21)25-18(14-7-9-15(10-8-14)26(19,22)23)17-11-16(20-24-17)13-5-3-2-4-6-13/h2-11,18H,1H3,(H2,19,22,23). The molecule has 2 N–H and O–H groups in total. The highest BCUT2D eigenvalue weighted by atomic mass is 32.2. The summed E-state index contributed by atoms with van der Waals surface area (Å²) in [6.07, 6.45) is 0. The van der Waals surface area contributed by atoms with Crippen molar-refractivity contribution in [3.63, 3.8) is 0 Å². The number of nitrogens with zero attached hydrogens (tertiary/aromatic N) is 1. The Morgan fingerprint density at radius 1 is 1.12 bits per heavy atom. The molecule has 0 fully saturated rings. The average molecular weight is 388 g/mol. The maximum Gasteiger partial charge on any atom is 0.238 e. The number of thioether (sulfide) groups is 1. The molecule has 0 aliphatic carbocycles. The molecule has 0 amide bonds. The zero-order valence-electron chi connectivity index (χ0n) is 13.8. The lowest BCUT2D eigenvalue weighted by Crippen LogP contribution is -2.12. The van der Waals surface area contributed by atoms with Gasteiger partial charge in [-0.1, -0.05) is 59.4 Å². The minimum atomic E-state index is -3.77. The largest absolute Gasteiger partial charge is 0.359 e. The molecule has 0 spiro atoms. The van der Waals surface area contributed by atoms with Crippen molar-refractivity contribution in [2.75, 3.05) is 0 Å². The van der Waals surface area contributed by atoms with Crippen LogP contribution in [0.5, 0.6) is 0 Å². The molecule has 0 saturated carbocycles. The summed E-state index contributed by atoms with van der Waals surface area (Å²) in [6, 6.07) is 17.4. The average Bonchev–Trinajstić information content (AvgIpc) is 3.09. The smallest absolute Gasteiger partial charge is 0.238 e. The zero-order chi connectivity index (χ0) is 18.7. The van der Waals surface area contributed by atoms with Gasteiger partial charge in [0.05, 0.1) is 10.1 Å². The van der Waals surface area contributed by atoms with Gasteiger partial charge < -0.3 is 4.52 Å². The maximum atomic E-state index is 11.7. The van der Waals surface area contributed by atoms with E-state index in [4.69, 9.17) is 9.66 Å². The molecular formula is C18H16N2O4S2. The third-order valence-electron chi connectivity index (χ3n) is 3.65. The molecule has 0 bridgehead atoms. The lowest BCUT2D eigenvalue weighted by atomic mass is 10.1. The van der Waals surface area contributed by atoms with Crippen LogP contribution in [0.25, 0.3) is 11.3 Å². The Labute approximate surface area is 155 Å². The van der Waals surface area contributed by atoms with Crippen molar-refractivity contribution in [3.8, 4) is 11.3 Å². The summed E-state index contributed by atoms with van der Waals surface area (Å²) in [7, 11) is -3.77. The van der Waals surface area contributed by atoms with Gasteiger partial charge in [-0.05, 0) is 17.7 Å². The van der Waals surface area contributed by atoms with Crippen LogP contribution in [-0.4, -0.2) is 18.7 Å². The van der Waals surface area contributed by atoms with Crippen LogP contribution in [0, 0.1) is 0 Å². The fourth-order valence-electron chi connectivity index (χ4n) is 2.45. The first-order valence-corrected chi connectivity index (χ1v) is 10.1. The number of sulfonamides is 1. The molecule has 1 aromatic heterocycles. The number of carbonyl (C=O) groups is 1. The summed E-state index contributed by atoms with van der Waals surface area (Å²) in [5.74, 6) is 0.507. The molecule has 1 heterocycles. The highest BCUT2D eigenvalue weighted by Gasteiger charge is 2.23. The molecule has 0 saturated heterocycles. The number of rotatable bonds is 5. The van der Waals surface area contributed by atoms with Crippen molar-refractivity contribution in [2.24, 2.45) is 5.14 Å². The lowest BCUT2D eigenvalue weighted by Gasteiger charge is -2.12. The monoisotopic (exact) mass is 388 g/mol. The van der Waals surface area contributed by atoms with Crippen LogP contribution < -0.4 is 5.14 Å². The van der Waals surface area contributed by atoms with E-state index in [-0.39, 0.29) is 10.0 Å². The number of nitrogens with two attached hydrogens (primary N) is 1. The molecule has 0 aliphatic heterocycles. The molecule has 26 heavy (non-hydrogen) atoms. The summed E-state index contributed by atoms with van der Waals surface area (Å²) in [5.41, 5.74) is 2.28. The van der Waals surface area contributed by atoms with Gasteiger partial charge in [0.2, 0.25) is 10.0 Å². The molecule has 1 unspecified atom stereocenters. The highest BCUT2D eigenvalue weighted by molar-refractivity contribution is 8.13. The molecule has 8 heteroatoms. The molecule has 2 aromatic carbocycles. The Balaban J connectivity index is 1.97. The second-order valence-corrected chi connectivity index (χ2v) is 8.43.